The van der Waals surface area contributed by atoms with E-state index in [1.807, 2.05) is 0 Å². The van der Waals surface area contributed by atoms with Crippen LogP contribution in [0.15, 0.2) is 16.8 Å². The number of aliphatic imine (C=N–C) groups is 1. The smallest absolute Gasteiger partial charge is 0.160 e. The minimum atomic E-state index is -1.10. The van der Waals surface area contributed by atoms with Gasteiger partial charge >= 0.3 is 0 Å². The third kappa shape index (κ3) is 2.14. The molecule has 1 unspecified atom stereocenters. The molecule has 96 valence electrons. The maximum absolute atomic E-state index is 9.83. The number of ether oxygens (including phenoxy) is 1. The van der Waals surface area contributed by atoms with Crippen molar-refractivity contribution >= 4 is 5.84 Å². The van der Waals surface area contributed by atoms with Crippen molar-refractivity contribution in [3.05, 3.63) is 11.8 Å². The molecule has 0 aliphatic carbocycles. The average molecular weight is 243 g/mol. The van der Waals surface area contributed by atoms with Gasteiger partial charge in [-0.15, -0.1) is 0 Å². The fraction of sp³-hybridized carbons (Fsp3) is 0.700. The summed E-state index contributed by atoms with van der Waals surface area (Å²) in [4.78, 5) is 5.71. The highest BCUT2D eigenvalue weighted by Crippen LogP contribution is 2.25. The summed E-state index contributed by atoms with van der Waals surface area (Å²) >= 11 is 0. The molecule has 0 aromatic rings. The summed E-state index contributed by atoms with van der Waals surface area (Å²) in [5, 5.41) is 28.4. The zero-order chi connectivity index (χ0) is 12.6. The number of amidine groups is 1. The fourth-order valence-electron chi connectivity index (χ4n) is 1.95. The molecule has 7 nitrogen and oxygen atoms in total. The van der Waals surface area contributed by atoms with Crippen molar-refractivity contribution in [2.45, 2.75) is 31.5 Å². The van der Waals surface area contributed by atoms with Crippen molar-refractivity contribution < 1.29 is 20.1 Å². The largest absolute Gasteiger partial charge is 0.394 e. The van der Waals surface area contributed by atoms with Gasteiger partial charge in [0.1, 0.15) is 30.8 Å². The number of hydrogen-bond donors (Lipinski definition) is 4. The summed E-state index contributed by atoms with van der Waals surface area (Å²) < 4.78 is 5.38. The van der Waals surface area contributed by atoms with Gasteiger partial charge in [0.2, 0.25) is 0 Å². The molecule has 5 N–H and O–H groups in total. The van der Waals surface area contributed by atoms with E-state index in [4.69, 9.17) is 15.6 Å². The van der Waals surface area contributed by atoms with Gasteiger partial charge in [0, 0.05) is 11.8 Å². The Bertz CT molecular complexity index is 357. The molecule has 0 aromatic heterocycles. The first-order valence-corrected chi connectivity index (χ1v) is 5.41. The average Bonchev–Trinajstić information content (AvgIpc) is 2.60. The van der Waals surface area contributed by atoms with Gasteiger partial charge in [-0.25, -0.2) is 4.99 Å². The van der Waals surface area contributed by atoms with Gasteiger partial charge in [-0.3, -0.25) is 0 Å². The first-order chi connectivity index (χ1) is 8.04. The molecule has 2 rings (SSSR count). The molecule has 0 amide bonds. The van der Waals surface area contributed by atoms with Crippen LogP contribution in [0.3, 0.4) is 0 Å². The van der Waals surface area contributed by atoms with Crippen molar-refractivity contribution in [1.82, 2.24) is 4.90 Å². The lowest BCUT2D eigenvalue weighted by Gasteiger charge is -2.30. The summed E-state index contributed by atoms with van der Waals surface area (Å²) in [6.45, 7) is 1.72. The standard InChI is InChI=1S/C10H17N3O4/c1-5-2-13(4-12-9(5)11)10-8(16)7(15)6(3-14)17-10/h2,6-8,10,14-16H,3-4H2,1H3,(H2,11,12)/t6-,7-,8-,10?/m1/s1. The normalized spacial score (nSPS) is 38.0. The lowest BCUT2D eigenvalue weighted by Crippen LogP contribution is -2.43. The molecule has 0 spiro atoms. The molecule has 0 aromatic carbocycles. The zero-order valence-corrected chi connectivity index (χ0v) is 9.52. The Labute approximate surface area is 98.8 Å². The predicted octanol–water partition coefficient (Wildman–Crippen LogP) is -2.04. The lowest BCUT2D eigenvalue weighted by atomic mass is 10.1. The maximum Gasteiger partial charge on any atom is 0.160 e. The van der Waals surface area contributed by atoms with Gasteiger partial charge in [-0.05, 0) is 6.92 Å². The van der Waals surface area contributed by atoms with Crippen molar-refractivity contribution in [2.75, 3.05) is 13.3 Å². The number of aliphatic hydroxyl groups excluding tert-OH is 3. The molecule has 2 aliphatic heterocycles. The van der Waals surface area contributed by atoms with Crippen LogP contribution in [0.5, 0.6) is 0 Å². The number of nitrogens with zero attached hydrogens (tertiary/aromatic N) is 2. The summed E-state index contributed by atoms with van der Waals surface area (Å²) in [5.41, 5.74) is 6.39. The van der Waals surface area contributed by atoms with E-state index in [9.17, 15) is 10.2 Å². The second kappa shape index (κ2) is 4.61. The Kier molecular flexibility index (Phi) is 3.34. The number of aliphatic hydroxyl groups is 3. The first-order valence-electron chi connectivity index (χ1n) is 5.41. The third-order valence-corrected chi connectivity index (χ3v) is 3.01. The first kappa shape index (κ1) is 12.3. The van der Waals surface area contributed by atoms with Crippen molar-refractivity contribution in [2.24, 2.45) is 10.7 Å². The van der Waals surface area contributed by atoms with Gasteiger partial charge in [0.05, 0.1) is 6.61 Å². The van der Waals surface area contributed by atoms with Crippen LogP contribution in [0, 0.1) is 0 Å². The van der Waals surface area contributed by atoms with Crippen molar-refractivity contribution in [1.29, 1.82) is 0 Å². The fourth-order valence-corrected chi connectivity index (χ4v) is 1.95. The van der Waals surface area contributed by atoms with Crippen LogP contribution in [-0.4, -0.2) is 63.9 Å². The van der Waals surface area contributed by atoms with Crippen LogP contribution in [-0.2, 0) is 4.74 Å². The van der Waals surface area contributed by atoms with Gasteiger partial charge in [0.15, 0.2) is 6.23 Å². The van der Waals surface area contributed by atoms with Gasteiger partial charge in [-0.2, -0.15) is 0 Å². The highest BCUT2D eigenvalue weighted by molar-refractivity contribution is 5.96. The van der Waals surface area contributed by atoms with Crippen LogP contribution in [0.25, 0.3) is 0 Å². The Morgan fingerprint density at radius 1 is 1.53 bits per heavy atom. The number of hydrogen-bond acceptors (Lipinski definition) is 7. The molecular weight excluding hydrogens is 226 g/mol. The van der Waals surface area contributed by atoms with E-state index >= 15 is 0 Å². The maximum atomic E-state index is 9.83. The van der Waals surface area contributed by atoms with Crippen LogP contribution in [0.4, 0.5) is 0 Å². The topological polar surface area (TPSA) is 112 Å². The lowest BCUT2D eigenvalue weighted by molar-refractivity contribution is -0.0793. The van der Waals surface area contributed by atoms with E-state index in [2.05, 4.69) is 4.99 Å². The summed E-state index contributed by atoms with van der Waals surface area (Å²) in [6, 6.07) is 0. The molecule has 4 atom stereocenters. The van der Waals surface area contributed by atoms with Crippen LogP contribution in [0.1, 0.15) is 6.92 Å². The van der Waals surface area contributed by atoms with Crippen molar-refractivity contribution in [3.63, 3.8) is 0 Å². The van der Waals surface area contributed by atoms with E-state index in [0.29, 0.717) is 5.84 Å². The molecule has 0 radical (unpaired) electrons. The highest BCUT2D eigenvalue weighted by atomic mass is 16.6. The van der Waals surface area contributed by atoms with Crippen LogP contribution < -0.4 is 5.73 Å². The molecule has 7 heteroatoms. The van der Waals surface area contributed by atoms with Crippen LogP contribution in [0.2, 0.25) is 0 Å². The van der Waals surface area contributed by atoms with Crippen LogP contribution >= 0.6 is 0 Å². The van der Waals surface area contributed by atoms with Gasteiger partial charge < -0.3 is 30.7 Å². The minimum absolute atomic E-state index is 0.260. The molecular formula is C10H17N3O4. The monoisotopic (exact) mass is 243 g/mol. The molecule has 1 fully saturated rings. The Morgan fingerprint density at radius 2 is 2.24 bits per heavy atom. The molecule has 1 saturated heterocycles. The Morgan fingerprint density at radius 3 is 2.76 bits per heavy atom. The predicted molar refractivity (Wildman–Crippen MR) is 59.8 cm³/mol. The van der Waals surface area contributed by atoms with E-state index in [1.165, 1.54) is 0 Å². The SMILES string of the molecule is CC1=CN(C2O[C@H](CO)[C@@H](O)[C@H]2O)CN=C1N. The Hall–Kier alpha value is -1.15. The second-order valence-electron chi connectivity index (χ2n) is 4.24. The Balaban J connectivity index is 2.10. The second-order valence-corrected chi connectivity index (χ2v) is 4.24. The molecule has 0 saturated carbocycles. The third-order valence-electron chi connectivity index (χ3n) is 3.01. The van der Waals surface area contributed by atoms with E-state index < -0.39 is 24.5 Å². The zero-order valence-electron chi connectivity index (χ0n) is 9.52. The number of rotatable bonds is 2. The highest BCUT2D eigenvalue weighted by Gasteiger charge is 2.44. The summed E-state index contributed by atoms with van der Waals surface area (Å²) in [7, 11) is 0. The minimum Gasteiger partial charge on any atom is -0.394 e. The molecule has 2 heterocycles. The summed E-state index contributed by atoms with van der Waals surface area (Å²) in [5.74, 6) is 0.452. The van der Waals surface area contributed by atoms with E-state index in [1.54, 1.807) is 18.0 Å². The van der Waals surface area contributed by atoms with E-state index in [-0.39, 0.29) is 13.3 Å². The number of nitrogens with two attached hydrogens (primary N) is 1. The molecule has 17 heavy (non-hydrogen) atoms. The van der Waals surface area contributed by atoms with Crippen molar-refractivity contribution in [3.8, 4) is 0 Å². The summed E-state index contributed by atoms with van der Waals surface area (Å²) in [6.07, 6.45) is -1.93. The molecule has 0 bridgehead atoms. The van der Waals surface area contributed by atoms with E-state index in [0.717, 1.165) is 5.57 Å². The van der Waals surface area contributed by atoms with Gasteiger partial charge in [-0.1, -0.05) is 0 Å². The quantitative estimate of drug-likeness (QED) is 0.444. The molecule has 2 aliphatic rings. The van der Waals surface area contributed by atoms with Gasteiger partial charge in [0.25, 0.3) is 0 Å².